The molecule has 2 unspecified atom stereocenters. The van der Waals surface area contributed by atoms with Gasteiger partial charge >= 0.3 is 0 Å². The third-order valence-electron chi connectivity index (χ3n) is 2.60. The Bertz CT molecular complexity index is 345. The van der Waals surface area contributed by atoms with E-state index >= 15 is 0 Å². The summed E-state index contributed by atoms with van der Waals surface area (Å²) in [7, 11) is 1.61. The molecule has 1 aromatic carbocycles. The van der Waals surface area contributed by atoms with Gasteiger partial charge in [-0.25, -0.2) is 4.39 Å². The van der Waals surface area contributed by atoms with Crippen molar-refractivity contribution < 1.29 is 19.0 Å². The molecule has 5 heteroatoms. The molecule has 0 bridgehead atoms. The van der Waals surface area contributed by atoms with Crippen molar-refractivity contribution in [3.8, 4) is 0 Å². The van der Waals surface area contributed by atoms with E-state index in [4.69, 9.17) is 9.47 Å². The second-order valence-corrected chi connectivity index (χ2v) is 4.51. The molecule has 1 aromatic rings. The van der Waals surface area contributed by atoms with Crippen molar-refractivity contribution in [2.24, 2.45) is 0 Å². The van der Waals surface area contributed by atoms with Crippen molar-refractivity contribution in [2.75, 3.05) is 26.9 Å². The van der Waals surface area contributed by atoms with E-state index in [1.165, 1.54) is 12.1 Å². The fourth-order valence-electron chi connectivity index (χ4n) is 1.60. The van der Waals surface area contributed by atoms with Crippen LogP contribution in [0.5, 0.6) is 0 Å². The van der Waals surface area contributed by atoms with Crippen LogP contribution in [0, 0.1) is 5.82 Å². The average molecular weight is 271 g/mol. The Kier molecular flexibility index (Phi) is 7.59. The maximum atomic E-state index is 12.7. The zero-order valence-corrected chi connectivity index (χ0v) is 11.4. The van der Waals surface area contributed by atoms with Crippen LogP contribution in [-0.2, 0) is 16.0 Å². The zero-order chi connectivity index (χ0) is 14.1. The van der Waals surface area contributed by atoms with E-state index in [1.807, 2.05) is 6.92 Å². The molecule has 108 valence electrons. The van der Waals surface area contributed by atoms with Crippen LogP contribution >= 0.6 is 0 Å². The van der Waals surface area contributed by atoms with Crippen LogP contribution in [0.2, 0.25) is 0 Å². The van der Waals surface area contributed by atoms with E-state index in [0.29, 0.717) is 19.7 Å². The van der Waals surface area contributed by atoms with Crippen molar-refractivity contribution in [1.29, 1.82) is 0 Å². The highest BCUT2D eigenvalue weighted by molar-refractivity contribution is 5.15. The first-order valence-electron chi connectivity index (χ1n) is 6.35. The molecule has 2 atom stereocenters. The largest absolute Gasteiger partial charge is 0.389 e. The molecule has 1 rings (SSSR count). The number of aliphatic hydroxyl groups is 1. The van der Waals surface area contributed by atoms with Gasteiger partial charge in [0.15, 0.2) is 0 Å². The number of aliphatic hydroxyl groups excluding tert-OH is 1. The molecule has 4 nitrogen and oxygen atoms in total. The first kappa shape index (κ1) is 16.0. The molecule has 0 heterocycles. The highest BCUT2D eigenvalue weighted by Gasteiger charge is 2.07. The molecule has 2 N–H and O–H groups in total. The van der Waals surface area contributed by atoms with Crippen LogP contribution in [0.4, 0.5) is 4.39 Å². The van der Waals surface area contributed by atoms with Crippen molar-refractivity contribution >= 4 is 0 Å². The average Bonchev–Trinajstić information content (AvgIpc) is 2.39. The minimum absolute atomic E-state index is 0.0308. The lowest BCUT2D eigenvalue weighted by atomic mass is 10.2. The predicted molar refractivity (Wildman–Crippen MR) is 71.4 cm³/mol. The third kappa shape index (κ3) is 7.22. The van der Waals surface area contributed by atoms with Crippen LogP contribution < -0.4 is 5.32 Å². The minimum atomic E-state index is -0.570. The van der Waals surface area contributed by atoms with Gasteiger partial charge in [0.1, 0.15) is 5.82 Å². The normalized spacial score (nSPS) is 14.3. The van der Waals surface area contributed by atoms with Gasteiger partial charge in [-0.1, -0.05) is 12.1 Å². The Balaban J connectivity index is 2.13. The van der Waals surface area contributed by atoms with E-state index < -0.39 is 6.10 Å². The lowest BCUT2D eigenvalue weighted by Crippen LogP contribution is -2.32. The molecule has 19 heavy (non-hydrogen) atoms. The molecule has 0 aromatic heterocycles. The number of rotatable bonds is 9. The van der Waals surface area contributed by atoms with E-state index in [-0.39, 0.29) is 18.5 Å². The summed E-state index contributed by atoms with van der Waals surface area (Å²) in [6, 6.07) is 6.27. The number of methoxy groups -OCH3 is 1. The number of nitrogens with one attached hydrogen (secondary N) is 1. The molecule has 0 aliphatic heterocycles. The highest BCUT2D eigenvalue weighted by atomic mass is 19.1. The maximum Gasteiger partial charge on any atom is 0.123 e. The van der Waals surface area contributed by atoms with Gasteiger partial charge in [0.25, 0.3) is 0 Å². The first-order chi connectivity index (χ1) is 9.11. The van der Waals surface area contributed by atoms with Crippen LogP contribution in [0.1, 0.15) is 12.5 Å². The van der Waals surface area contributed by atoms with Crippen LogP contribution in [0.15, 0.2) is 24.3 Å². The van der Waals surface area contributed by atoms with Crippen molar-refractivity contribution in [2.45, 2.75) is 25.7 Å². The Morgan fingerprint density at radius 1 is 1.26 bits per heavy atom. The molecule has 0 saturated carbocycles. The predicted octanol–water partition coefficient (Wildman–Crippen LogP) is 1.33. The fourth-order valence-corrected chi connectivity index (χ4v) is 1.60. The summed E-state index contributed by atoms with van der Waals surface area (Å²) < 4.78 is 23.0. The van der Waals surface area contributed by atoms with E-state index in [1.54, 1.807) is 19.2 Å². The summed E-state index contributed by atoms with van der Waals surface area (Å²) in [5, 5.41) is 12.8. The molecule has 0 saturated heterocycles. The van der Waals surface area contributed by atoms with Crippen molar-refractivity contribution in [1.82, 2.24) is 5.32 Å². The number of halogens is 1. The van der Waals surface area contributed by atoms with Gasteiger partial charge in [0.2, 0.25) is 0 Å². The molecule has 0 amide bonds. The summed E-state index contributed by atoms with van der Waals surface area (Å²) in [5.41, 5.74) is 0.974. The molecule has 0 aliphatic carbocycles. The van der Waals surface area contributed by atoms with Gasteiger partial charge in [0.05, 0.1) is 25.4 Å². The Morgan fingerprint density at radius 3 is 2.58 bits per heavy atom. The second-order valence-electron chi connectivity index (χ2n) is 4.51. The quantitative estimate of drug-likeness (QED) is 0.711. The molecule has 0 spiro atoms. The molecule has 0 radical (unpaired) electrons. The highest BCUT2D eigenvalue weighted by Crippen LogP contribution is 2.02. The lowest BCUT2D eigenvalue weighted by molar-refractivity contribution is -0.0311. The van der Waals surface area contributed by atoms with Gasteiger partial charge in [-0.3, -0.25) is 0 Å². The molecule has 0 aliphatic rings. The third-order valence-corrected chi connectivity index (χ3v) is 2.60. The SMILES string of the molecule is COCC(C)OCC(O)CNCc1ccc(F)cc1. The fraction of sp³-hybridized carbons (Fsp3) is 0.571. The number of ether oxygens (including phenoxy) is 2. The smallest absolute Gasteiger partial charge is 0.123 e. The Labute approximate surface area is 113 Å². The summed E-state index contributed by atoms with van der Waals surface area (Å²) >= 11 is 0. The van der Waals surface area contributed by atoms with Crippen LogP contribution in [0.25, 0.3) is 0 Å². The van der Waals surface area contributed by atoms with Crippen LogP contribution in [0.3, 0.4) is 0 Å². The zero-order valence-electron chi connectivity index (χ0n) is 11.4. The molecular formula is C14H22FNO3. The number of hydrogen-bond donors (Lipinski definition) is 2. The number of hydrogen-bond acceptors (Lipinski definition) is 4. The molecular weight excluding hydrogens is 249 g/mol. The second kappa shape index (κ2) is 8.98. The lowest BCUT2D eigenvalue weighted by Gasteiger charge is -2.16. The van der Waals surface area contributed by atoms with Gasteiger partial charge < -0.3 is 19.9 Å². The van der Waals surface area contributed by atoms with E-state index in [0.717, 1.165) is 5.56 Å². The monoisotopic (exact) mass is 271 g/mol. The topological polar surface area (TPSA) is 50.7 Å². The van der Waals surface area contributed by atoms with Gasteiger partial charge in [0, 0.05) is 20.2 Å². The van der Waals surface area contributed by atoms with E-state index in [9.17, 15) is 9.50 Å². The Hall–Kier alpha value is -1.01. The standard InChI is InChI=1S/C14H22FNO3/c1-11(9-18-2)19-10-14(17)8-16-7-12-3-5-13(15)6-4-12/h3-6,11,14,16-17H,7-10H2,1-2H3. The van der Waals surface area contributed by atoms with Crippen molar-refractivity contribution in [3.05, 3.63) is 35.6 Å². The summed E-state index contributed by atoms with van der Waals surface area (Å²) in [6.45, 7) is 3.68. The summed E-state index contributed by atoms with van der Waals surface area (Å²) in [6.07, 6.45) is -0.600. The van der Waals surface area contributed by atoms with Gasteiger partial charge in [-0.2, -0.15) is 0 Å². The summed E-state index contributed by atoms with van der Waals surface area (Å²) in [4.78, 5) is 0. The van der Waals surface area contributed by atoms with Crippen LogP contribution in [-0.4, -0.2) is 44.2 Å². The minimum Gasteiger partial charge on any atom is -0.389 e. The van der Waals surface area contributed by atoms with Crippen molar-refractivity contribution in [3.63, 3.8) is 0 Å². The van der Waals surface area contributed by atoms with Gasteiger partial charge in [-0.15, -0.1) is 0 Å². The van der Waals surface area contributed by atoms with Gasteiger partial charge in [-0.05, 0) is 24.6 Å². The number of benzene rings is 1. The maximum absolute atomic E-state index is 12.7. The Morgan fingerprint density at radius 2 is 1.95 bits per heavy atom. The first-order valence-corrected chi connectivity index (χ1v) is 6.35. The summed E-state index contributed by atoms with van der Waals surface area (Å²) in [5.74, 6) is -0.246. The van der Waals surface area contributed by atoms with E-state index in [2.05, 4.69) is 5.32 Å². The molecule has 0 fully saturated rings.